The van der Waals surface area contributed by atoms with Crippen LogP contribution in [0.1, 0.15) is 35.0 Å². The molecule has 0 aliphatic rings. The van der Waals surface area contributed by atoms with Crippen LogP contribution in [0.4, 0.5) is 13.2 Å². The van der Waals surface area contributed by atoms with Crippen molar-refractivity contribution < 1.29 is 27.6 Å². The number of amides is 1. The lowest BCUT2D eigenvalue weighted by atomic mass is 9.93. The standard InChI is InChI=1S/C21H19F3N2O3/c1-20(28,14-7-3-2-4-8-14)11-12-25-19(27)17-13-18(29-26-17)15-9-5-6-10-16(15)21(22,23)24/h2-10,13,28H,11-12H2,1H3,(H,25,27). The maximum atomic E-state index is 13.2. The molecule has 1 amide bonds. The van der Waals surface area contributed by atoms with Gasteiger partial charge in [-0.25, -0.2) is 0 Å². The Hall–Kier alpha value is -3.13. The van der Waals surface area contributed by atoms with E-state index in [1.165, 1.54) is 18.2 Å². The van der Waals surface area contributed by atoms with Gasteiger partial charge in [-0.15, -0.1) is 0 Å². The number of nitrogens with one attached hydrogen (secondary N) is 1. The first-order chi connectivity index (χ1) is 13.7. The molecule has 29 heavy (non-hydrogen) atoms. The van der Waals surface area contributed by atoms with Crippen molar-refractivity contribution >= 4 is 5.91 Å². The lowest BCUT2D eigenvalue weighted by Gasteiger charge is -2.23. The number of aromatic nitrogens is 1. The van der Waals surface area contributed by atoms with Gasteiger partial charge in [-0.2, -0.15) is 13.2 Å². The summed E-state index contributed by atoms with van der Waals surface area (Å²) in [5.41, 5.74) is -1.64. The van der Waals surface area contributed by atoms with Crippen molar-refractivity contribution in [2.75, 3.05) is 6.54 Å². The molecule has 0 saturated carbocycles. The number of hydrogen-bond donors (Lipinski definition) is 2. The highest BCUT2D eigenvalue weighted by Gasteiger charge is 2.34. The smallest absolute Gasteiger partial charge is 0.385 e. The fourth-order valence-electron chi connectivity index (χ4n) is 2.91. The zero-order valence-corrected chi connectivity index (χ0v) is 15.5. The summed E-state index contributed by atoms with van der Waals surface area (Å²) in [7, 11) is 0. The van der Waals surface area contributed by atoms with E-state index in [-0.39, 0.29) is 30.0 Å². The molecular formula is C21H19F3N2O3. The van der Waals surface area contributed by atoms with E-state index < -0.39 is 23.2 Å². The second-order valence-corrected chi connectivity index (χ2v) is 6.77. The second-order valence-electron chi connectivity index (χ2n) is 6.77. The Bertz CT molecular complexity index is 982. The molecule has 1 unspecified atom stereocenters. The largest absolute Gasteiger partial charge is 0.417 e. The molecule has 0 fully saturated rings. The van der Waals surface area contributed by atoms with E-state index in [0.29, 0.717) is 5.56 Å². The van der Waals surface area contributed by atoms with Crippen molar-refractivity contribution in [2.24, 2.45) is 0 Å². The summed E-state index contributed by atoms with van der Waals surface area (Å²) >= 11 is 0. The van der Waals surface area contributed by atoms with E-state index in [1.54, 1.807) is 31.2 Å². The van der Waals surface area contributed by atoms with Gasteiger partial charge in [0.05, 0.1) is 11.2 Å². The van der Waals surface area contributed by atoms with Gasteiger partial charge in [0.25, 0.3) is 5.91 Å². The van der Waals surface area contributed by atoms with Crippen molar-refractivity contribution in [3.63, 3.8) is 0 Å². The molecule has 5 nitrogen and oxygen atoms in total. The van der Waals surface area contributed by atoms with Crippen LogP contribution in [0.5, 0.6) is 0 Å². The summed E-state index contributed by atoms with van der Waals surface area (Å²) in [6, 6.07) is 15.1. The zero-order chi connectivity index (χ0) is 21.1. The Morgan fingerprint density at radius 2 is 1.76 bits per heavy atom. The van der Waals surface area contributed by atoms with E-state index in [4.69, 9.17) is 4.52 Å². The third-order valence-electron chi connectivity index (χ3n) is 4.53. The molecular weight excluding hydrogens is 385 g/mol. The molecule has 3 aromatic rings. The van der Waals surface area contributed by atoms with Crippen molar-refractivity contribution in [1.82, 2.24) is 10.5 Å². The number of carbonyl (C=O) groups is 1. The molecule has 0 bridgehead atoms. The number of aliphatic hydroxyl groups is 1. The molecule has 0 spiro atoms. The van der Waals surface area contributed by atoms with Crippen molar-refractivity contribution in [2.45, 2.75) is 25.1 Å². The predicted octanol–water partition coefficient (Wildman–Crippen LogP) is 4.39. The average molecular weight is 404 g/mol. The first-order valence-electron chi connectivity index (χ1n) is 8.88. The third kappa shape index (κ3) is 4.83. The molecule has 0 radical (unpaired) electrons. The van der Waals surface area contributed by atoms with E-state index in [2.05, 4.69) is 10.5 Å². The van der Waals surface area contributed by atoms with E-state index in [9.17, 15) is 23.1 Å². The Labute approximate surface area is 165 Å². The van der Waals surface area contributed by atoms with Gasteiger partial charge >= 0.3 is 6.18 Å². The molecule has 0 saturated heterocycles. The number of benzene rings is 2. The van der Waals surface area contributed by atoms with Crippen LogP contribution in [0.15, 0.2) is 65.2 Å². The van der Waals surface area contributed by atoms with Gasteiger partial charge in [0.15, 0.2) is 11.5 Å². The minimum atomic E-state index is -4.56. The van der Waals surface area contributed by atoms with Crippen LogP contribution in [0, 0.1) is 0 Å². The Kier molecular flexibility index (Phi) is 5.74. The fourth-order valence-corrected chi connectivity index (χ4v) is 2.91. The molecule has 3 rings (SSSR count). The normalized spacial score (nSPS) is 13.7. The van der Waals surface area contributed by atoms with Crippen molar-refractivity contribution in [1.29, 1.82) is 0 Å². The molecule has 2 aromatic carbocycles. The molecule has 152 valence electrons. The fraction of sp³-hybridized carbons (Fsp3) is 0.238. The highest BCUT2D eigenvalue weighted by atomic mass is 19.4. The van der Waals surface area contributed by atoms with Crippen LogP contribution in [-0.4, -0.2) is 22.7 Å². The van der Waals surface area contributed by atoms with Crippen molar-refractivity contribution in [3.05, 3.63) is 77.5 Å². The topological polar surface area (TPSA) is 75.4 Å². The minimum Gasteiger partial charge on any atom is -0.385 e. The molecule has 1 atom stereocenters. The van der Waals surface area contributed by atoms with Gasteiger partial charge in [0.1, 0.15) is 0 Å². The Morgan fingerprint density at radius 3 is 2.45 bits per heavy atom. The highest BCUT2D eigenvalue weighted by molar-refractivity contribution is 5.93. The first-order valence-corrected chi connectivity index (χ1v) is 8.88. The van der Waals surface area contributed by atoms with Crippen LogP contribution in [-0.2, 0) is 11.8 Å². The summed E-state index contributed by atoms with van der Waals surface area (Å²) in [5.74, 6) is -0.757. The summed E-state index contributed by atoms with van der Waals surface area (Å²) in [6.07, 6.45) is -4.32. The van der Waals surface area contributed by atoms with Crippen LogP contribution >= 0.6 is 0 Å². The number of carbonyl (C=O) groups excluding carboxylic acids is 1. The Balaban J connectivity index is 1.67. The molecule has 1 aromatic heterocycles. The van der Waals surface area contributed by atoms with Gasteiger partial charge in [0.2, 0.25) is 0 Å². The van der Waals surface area contributed by atoms with Crippen molar-refractivity contribution in [3.8, 4) is 11.3 Å². The molecule has 1 heterocycles. The quantitative estimate of drug-likeness (QED) is 0.639. The molecule has 8 heteroatoms. The SMILES string of the molecule is CC(O)(CCNC(=O)c1cc(-c2ccccc2C(F)(F)F)on1)c1ccccc1. The van der Waals surface area contributed by atoms with Crippen LogP contribution in [0.3, 0.4) is 0 Å². The highest BCUT2D eigenvalue weighted by Crippen LogP contribution is 2.37. The zero-order valence-electron chi connectivity index (χ0n) is 15.5. The number of rotatable bonds is 6. The Morgan fingerprint density at radius 1 is 1.10 bits per heavy atom. The summed E-state index contributed by atoms with van der Waals surface area (Å²) in [6.45, 7) is 1.78. The molecule has 0 aliphatic heterocycles. The molecule has 2 N–H and O–H groups in total. The van der Waals surface area contributed by atoms with E-state index in [0.717, 1.165) is 12.1 Å². The number of halogens is 3. The summed E-state index contributed by atoms with van der Waals surface area (Å²) < 4.78 is 44.4. The predicted molar refractivity (Wildman–Crippen MR) is 99.9 cm³/mol. The lowest BCUT2D eigenvalue weighted by molar-refractivity contribution is -0.137. The van der Waals surface area contributed by atoms with Crippen LogP contribution in [0.2, 0.25) is 0 Å². The second kappa shape index (κ2) is 8.08. The number of nitrogens with zero attached hydrogens (tertiary/aromatic N) is 1. The average Bonchev–Trinajstić information content (AvgIpc) is 3.18. The van der Waals surface area contributed by atoms with Gasteiger partial charge in [-0.05, 0) is 25.0 Å². The van der Waals surface area contributed by atoms with Crippen LogP contribution in [0.25, 0.3) is 11.3 Å². The van der Waals surface area contributed by atoms with Gasteiger partial charge < -0.3 is 14.9 Å². The summed E-state index contributed by atoms with van der Waals surface area (Å²) in [5, 5.41) is 16.7. The monoisotopic (exact) mass is 404 g/mol. The van der Waals surface area contributed by atoms with Gasteiger partial charge in [0, 0.05) is 18.2 Å². The minimum absolute atomic E-state index is 0.141. The maximum absolute atomic E-state index is 13.2. The maximum Gasteiger partial charge on any atom is 0.417 e. The lowest BCUT2D eigenvalue weighted by Crippen LogP contribution is -2.31. The third-order valence-corrected chi connectivity index (χ3v) is 4.53. The number of alkyl halides is 3. The van der Waals surface area contributed by atoms with E-state index >= 15 is 0 Å². The number of hydrogen-bond acceptors (Lipinski definition) is 4. The van der Waals surface area contributed by atoms with Gasteiger partial charge in [-0.1, -0.05) is 53.7 Å². The van der Waals surface area contributed by atoms with Crippen LogP contribution < -0.4 is 5.32 Å². The summed E-state index contributed by atoms with van der Waals surface area (Å²) in [4.78, 5) is 12.3. The van der Waals surface area contributed by atoms with E-state index in [1.807, 2.05) is 6.07 Å². The molecule has 0 aliphatic carbocycles. The first kappa shape index (κ1) is 20.6. The van der Waals surface area contributed by atoms with Gasteiger partial charge in [-0.3, -0.25) is 4.79 Å².